The maximum absolute atomic E-state index is 5.11. The molecule has 2 aromatic carbocycles. The van der Waals surface area contributed by atoms with Gasteiger partial charge >= 0.3 is 0 Å². The van der Waals surface area contributed by atoms with Crippen LogP contribution in [0.15, 0.2) is 54.6 Å². The lowest BCUT2D eigenvalue weighted by molar-refractivity contribution is 0.210. The van der Waals surface area contributed by atoms with E-state index in [1.54, 1.807) is 7.11 Å². The Morgan fingerprint density at radius 3 is 2.35 bits per heavy atom. The SMILES string of the molecule is COCCNc1cc(-c2ccccc2)nc(Nc2cc(C)cc(C)c2)n1. The summed E-state index contributed by atoms with van der Waals surface area (Å²) in [6.45, 7) is 5.46. The monoisotopic (exact) mass is 348 g/mol. The van der Waals surface area contributed by atoms with E-state index in [0.29, 0.717) is 19.1 Å². The largest absolute Gasteiger partial charge is 0.383 e. The van der Waals surface area contributed by atoms with Crippen LogP contribution in [0.5, 0.6) is 0 Å². The Balaban J connectivity index is 1.93. The molecular weight excluding hydrogens is 324 g/mol. The average molecular weight is 348 g/mol. The van der Waals surface area contributed by atoms with E-state index in [4.69, 9.17) is 9.72 Å². The Hall–Kier alpha value is -2.92. The first-order chi connectivity index (χ1) is 12.6. The molecule has 2 N–H and O–H groups in total. The highest BCUT2D eigenvalue weighted by atomic mass is 16.5. The van der Waals surface area contributed by atoms with Crippen molar-refractivity contribution >= 4 is 17.5 Å². The molecule has 0 aliphatic carbocycles. The van der Waals surface area contributed by atoms with Crippen molar-refractivity contribution in [2.75, 3.05) is 30.9 Å². The zero-order valence-electron chi connectivity index (χ0n) is 15.4. The molecule has 0 aliphatic rings. The van der Waals surface area contributed by atoms with Crippen molar-refractivity contribution in [3.8, 4) is 11.3 Å². The summed E-state index contributed by atoms with van der Waals surface area (Å²) in [7, 11) is 1.68. The smallest absolute Gasteiger partial charge is 0.229 e. The molecule has 26 heavy (non-hydrogen) atoms. The number of nitrogens with one attached hydrogen (secondary N) is 2. The van der Waals surface area contributed by atoms with Crippen LogP contribution < -0.4 is 10.6 Å². The predicted octanol–water partition coefficient (Wildman–Crippen LogP) is 4.56. The van der Waals surface area contributed by atoms with Crippen LogP contribution in [-0.2, 0) is 4.74 Å². The van der Waals surface area contributed by atoms with Crippen molar-refractivity contribution in [3.63, 3.8) is 0 Å². The summed E-state index contributed by atoms with van der Waals surface area (Å²) in [6, 6.07) is 18.4. The molecule has 0 saturated heterocycles. The number of nitrogens with zero attached hydrogens (tertiary/aromatic N) is 2. The standard InChI is InChI=1S/C21H24N4O/c1-15-11-16(2)13-18(12-15)23-21-24-19(17-7-5-4-6-8-17)14-20(25-21)22-9-10-26-3/h4-8,11-14H,9-10H2,1-3H3,(H2,22,23,24,25). The van der Waals surface area contributed by atoms with Crippen LogP contribution in [0, 0.1) is 13.8 Å². The summed E-state index contributed by atoms with van der Waals surface area (Å²) >= 11 is 0. The number of aryl methyl sites for hydroxylation is 2. The van der Waals surface area contributed by atoms with Gasteiger partial charge in [0.05, 0.1) is 12.3 Å². The average Bonchev–Trinajstić information content (AvgIpc) is 2.62. The molecule has 0 unspecified atom stereocenters. The van der Waals surface area contributed by atoms with Crippen LogP contribution in [0.4, 0.5) is 17.5 Å². The van der Waals surface area contributed by atoms with Crippen molar-refractivity contribution in [3.05, 3.63) is 65.7 Å². The highest BCUT2D eigenvalue weighted by molar-refractivity contribution is 5.66. The number of anilines is 3. The van der Waals surface area contributed by atoms with Crippen molar-refractivity contribution in [1.29, 1.82) is 0 Å². The van der Waals surface area contributed by atoms with Crippen LogP contribution in [0.3, 0.4) is 0 Å². The number of hydrogen-bond donors (Lipinski definition) is 2. The number of ether oxygens (including phenoxy) is 1. The van der Waals surface area contributed by atoms with Crippen LogP contribution in [0.25, 0.3) is 11.3 Å². The predicted molar refractivity (Wildman–Crippen MR) is 107 cm³/mol. The fourth-order valence-corrected chi connectivity index (χ4v) is 2.81. The van der Waals surface area contributed by atoms with Crippen LogP contribution >= 0.6 is 0 Å². The second-order valence-electron chi connectivity index (χ2n) is 6.25. The molecule has 0 spiro atoms. The van der Waals surface area contributed by atoms with E-state index in [9.17, 15) is 0 Å². The van der Waals surface area contributed by atoms with E-state index in [1.165, 1.54) is 11.1 Å². The van der Waals surface area contributed by atoms with Crippen molar-refractivity contribution in [2.24, 2.45) is 0 Å². The van der Waals surface area contributed by atoms with Crippen LogP contribution in [-0.4, -0.2) is 30.2 Å². The normalized spacial score (nSPS) is 10.6. The van der Waals surface area contributed by atoms with Gasteiger partial charge in [0.25, 0.3) is 0 Å². The van der Waals surface area contributed by atoms with Gasteiger partial charge in [-0.25, -0.2) is 4.98 Å². The summed E-state index contributed by atoms with van der Waals surface area (Å²) in [5.41, 5.74) is 5.30. The number of aromatic nitrogens is 2. The number of rotatable bonds is 7. The number of hydrogen-bond acceptors (Lipinski definition) is 5. The maximum atomic E-state index is 5.11. The summed E-state index contributed by atoms with van der Waals surface area (Å²) in [6.07, 6.45) is 0. The molecule has 3 aromatic rings. The molecular formula is C21H24N4O. The molecule has 1 heterocycles. The minimum absolute atomic E-state index is 0.566. The summed E-state index contributed by atoms with van der Waals surface area (Å²) < 4.78 is 5.11. The molecule has 0 amide bonds. The van der Waals surface area contributed by atoms with E-state index in [0.717, 1.165) is 22.8 Å². The van der Waals surface area contributed by atoms with E-state index >= 15 is 0 Å². The van der Waals surface area contributed by atoms with E-state index < -0.39 is 0 Å². The first-order valence-corrected chi connectivity index (χ1v) is 8.66. The van der Waals surface area contributed by atoms with Crippen molar-refractivity contribution < 1.29 is 4.74 Å². The fourth-order valence-electron chi connectivity index (χ4n) is 2.81. The van der Waals surface area contributed by atoms with Crippen molar-refractivity contribution in [1.82, 2.24) is 9.97 Å². The second-order valence-corrected chi connectivity index (χ2v) is 6.25. The van der Waals surface area contributed by atoms with Gasteiger partial charge in [0.1, 0.15) is 5.82 Å². The summed E-state index contributed by atoms with van der Waals surface area (Å²) in [5.74, 6) is 1.33. The minimum atomic E-state index is 0.566. The first kappa shape index (κ1) is 17.9. The lowest BCUT2D eigenvalue weighted by Crippen LogP contribution is -2.10. The summed E-state index contributed by atoms with van der Waals surface area (Å²) in [4.78, 5) is 9.29. The lowest BCUT2D eigenvalue weighted by atomic mass is 10.1. The molecule has 1 aromatic heterocycles. The summed E-state index contributed by atoms with van der Waals surface area (Å²) in [5, 5.41) is 6.62. The van der Waals surface area contributed by atoms with Gasteiger partial charge < -0.3 is 15.4 Å². The van der Waals surface area contributed by atoms with Crippen molar-refractivity contribution in [2.45, 2.75) is 13.8 Å². The lowest BCUT2D eigenvalue weighted by Gasteiger charge is -2.12. The highest BCUT2D eigenvalue weighted by Gasteiger charge is 2.08. The van der Waals surface area contributed by atoms with E-state index in [-0.39, 0.29) is 0 Å². The maximum Gasteiger partial charge on any atom is 0.229 e. The van der Waals surface area contributed by atoms with Gasteiger partial charge in [-0.2, -0.15) is 4.98 Å². The van der Waals surface area contributed by atoms with E-state index in [1.807, 2.05) is 36.4 Å². The molecule has 134 valence electrons. The van der Waals surface area contributed by atoms with Gasteiger partial charge in [-0.15, -0.1) is 0 Å². The molecule has 3 rings (SSSR count). The molecule has 0 bridgehead atoms. The topological polar surface area (TPSA) is 59.1 Å². The van der Waals surface area contributed by atoms with Gasteiger partial charge in [0.15, 0.2) is 0 Å². The van der Waals surface area contributed by atoms with Crippen LogP contribution in [0.1, 0.15) is 11.1 Å². The van der Waals surface area contributed by atoms with Gasteiger partial charge in [-0.1, -0.05) is 36.4 Å². The van der Waals surface area contributed by atoms with Crippen LogP contribution in [0.2, 0.25) is 0 Å². The second kappa shape index (κ2) is 8.45. The zero-order chi connectivity index (χ0) is 18.4. The molecule has 0 saturated carbocycles. The zero-order valence-corrected chi connectivity index (χ0v) is 15.4. The molecule has 5 heteroatoms. The Labute approximate surface area is 154 Å². The molecule has 0 radical (unpaired) electrons. The molecule has 0 aliphatic heterocycles. The van der Waals surface area contributed by atoms with E-state index in [2.05, 4.69) is 47.7 Å². The molecule has 0 fully saturated rings. The quantitative estimate of drug-likeness (QED) is 0.613. The Kier molecular flexibility index (Phi) is 5.81. The third-order valence-electron chi connectivity index (χ3n) is 3.89. The highest BCUT2D eigenvalue weighted by Crippen LogP contribution is 2.24. The van der Waals surface area contributed by atoms with Gasteiger partial charge in [-0.05, 0) is 37.1 Å². The van der Waals surface area contributed by atoms with Gasteiger partial charge in [-0.3, -0.25) is 0 Å². The molecule has 5 nitrogen and oxygen atoms in total. The first-order valence-electron chi connectivity index (χ1n) is 8.66. The van der Waals surface area contributed by atoms with Gasteiger partial charge in [0, 0.05) is 31.0 Å². The Morgan fingerprint density at radius 2 is 1.65 bits per heavy atom. The number of methoxy groups -OCH3 is 1. The number of benzene rings is 2. The Bertz CT molecular complexity index is 845. The minimum Gasteiger partial charge on any atom is -0.383 e. The third kappa shape index (κ3) is 4.80. The Morgan fingerprint density at radius 1 is 0.923 bits per heavy atom. The van der Waals surface area contributed by atoms with Gasteiger partial charge in [0.2, 0.25) is 5.95 Å². The third-order valence-corrected chi connectivity index (χ3v) is 3.89. The molecule has 0 atom stereocenters. The fraction of sp³-hybridized carbons (Fsp3) is 0.238.